The molecule has 7 nitrogen and oxygen atoms in total. The predicted molar refractivity (Wildman–Crippen MR) is 97.0 cm³/mol. The van der Waals surface area contributed by atoms with Crippen LogP contribution in [-0.4, -0.2) is 39.8 Å². The smallest absolute Gasteiger partial charge is 0.255 e. The molecule has 26 heavy (non-hydrogen) atoms. The minimum Gasteiger partial charge on any atom is -0.383 e. The Balaban J connectivity index is 1.41. The van der Waals surface area contributed by atoms with E-state index in [1.165, 1.54) is 12.8 Å². The van der Waals surface area contributed by atoms with Crippen molar-refractivity contribution in [1.29, 1.82) is 0 Å². The van der Waals surface area contributed by atoms with E-state index in [1.807, 2.05) is 37.3 Å². The van der Waals surface area contributed by atoms with Crippen molar-refractivity contribution in [1.82, 2.24) is 10.2 Å². The average molecular weight is 354 g/mol. The lowest BCUT2D eigenvalue weighted by atomic mass is 10.00. The minimum atomic E-state index is -0.909. The lowest BCUT2D eigenvalue weighted by Gasteiger charge is -2.17. The topological polar surface area (TPSA) is 98.3 Å². The molecule has 1 aliphatic carbocycles. The Morgan fingerprint density at radius 1 is 1.31 bits per heavy atom. The maximum absolute atomic E-state index is 12.5. The van der Waals surface area contributed by atoms with Crippen LogP contribution in [0.3, 0.4) is 0 Å². The van der Waals surface area contributed by atoms with Crippen LogP contribution in [0.5, 0.6) is 0 Å². The number of rotatable bonds is 5. The molecule has 0 spiro atoms. The Morgan fingerprint density at radius 2 is 2.04 bits per heavy atom. The number of H-pyrrole nitrogens is 1. The van der Waals surface area contributed by atoms with Crippen LogP contribution in [-0.2, 0) is 9.59 Å². The molecule has 1 aliphatic heterocycles. The highest BCUT2D eigenvalue weighted by Crippen LogP contribution is 2.39. The molecule has 136 valence electrons. The number of carbonyl (C=O) groups excluding carboxylic acids is 2. The number of hydrogen-bond donors (Lipinski definition) is 3. The zero-order valence-electron chi connectivity index (χ0n) is 14.6. The van der Waals surface area contributed by atoms with Crippen LogP contribution >= 0.6 is 0 Å². The second kappa shape index (κ2) is 6.57. The molecule has 0 unspecified atom stereocenters. The predicted octanol–water partition coefficient (Wildman–Crippen LogP) is 2.13. The number of nitrogens with one attached hydrogen (secondary N) is 2. The largest absolute Gasteiger partial charge is 0.383 e. The van der Waals surface area contributed by atoms with Crippen molar-refractivity contribution in [3.8, 4) is 0 Å². The van der Waals surface area contributed by atoms with E-state index in [0.717, 1.165) is 16.9 Å². The second-order valence-electron chi connectivity index (χ2n) is 7.08. The minimum absolute atomic E-state index is 0.126. The van der Waals surface area contributed by atoms with Gasteiger partial charge in [-0.3, -0.25) is 14.7 Å². The summed E-state index contributed by atoms with van der Waals surface area (Å²) in [5.74, 6) is 0.375. The van der Waals surface area contributed by atoms with Gasteiger partial charge in [0.05, 0.1) is 5.92 Å². The molecule has 1 aromatic carbocycles. The maximum Gasteiger partial charge on any atom is 0.255 e. The molecule has 1 aromatic heterocycles. The summed E-state index contributed by atoms with van der Waals surface area (Å²) in [7, 11) is 0. The fourth-order valence-electron chi connectivity index (χ4n) is 3.25. The van der Waals surface area contributed by atoms with Crippen molar-refractivity contribution in [3.63, 3.8) is 0 Å². The number of carbonyl (C=O) groups is 2. The fourth-order valence-corrected chi connectivity index (χ4v) is 3.25. The molecule has 2 aliphatic rings. The molecule has 3 N–H and O–H groups in total. The highest BCUT2D eigenvalue weighted by Gasteiger charge is 2.31. The number of aliphatic hydroxyl groups is 1. The molecule has 1 saturated heterocycles. The molecule has 2 amide bonds. The summed E-state index contributed by atoms with van der Waals surface area (Å²) in [5, 5.41) is 19.5. The highest BCUT2D eigenvalue weighted by atomic mass is 16.3. The summed E-state index contributed by atoms with van der Waals surface area (Å²) >= 11 is 0. The van der Waals surface area contributed by atoms with Crippen LogP contribution in [0.15, 0.2) is 30.3 Å². The van der Waals surface area contributed by atoms with E-state index in [4.69, 9.17) is 0 Å². The first-order valence-electron chi connectivity index (χ1n) is 8.98. The Kier molecular flexibility index (Phi) is 4.24. The third kappa shape index (κ3) is 3.22. The van der Waals surface area contributed by atoms with Crippen molar-refractivity contribution >= 4 is 23.3 Å². The third-order valence-electron chi connectivity index (χ3n) is 5.14. The molecule has 1 saturated carbocycles. The Labute approximate surface area is 151 Å². The van der Waals surface area contributed by atoms with Gasteiger partial charge in [0.1, 0.15) is 6.10 Å². The molecule has 2 fully saturated rings. The van der Waals surface area contributed by atoms with Crippen LogP contribution < -0.4 is 10.2 Å². The summed E-state index contributed by atoms with van der Waals surface area (Å²) in [6, 6.07) is 9.22. The monoisotopic (exact) mass is 354 g/mol. The van der Waals surface area contributed by atoms with Crippen LogP contribution in [0.25, 0.3) is 0 Å². The van der Waals surface area contributed by atoms with E-state index in [9.17, 15) is 14.7 Å². The molecule has 2 atom stereocenters. The number of anilines is 2. The van der Waals surface area contributed by atoms with Gasteiger partial charge < -0.3 is 15.3 Å². The van der Waals surface area contributed by atoms with E-state index in [-0.39, 0.29) is 17.7 Å². The summed E-state index contributed by atoms with van der Waals surface area (Å²) in [4.78, 5) is 25.9. The van der Waals surface area contributed by atoms with Crippen molar-refractivity contribution in [3.05, 3.63) is 41.6 Å². The average Bonchev–Trinajstić information content (AvgIpc) is 3.31. The quantitative estimate of drug-likeness (QED) is 0.766. The zero-order valence-corrected chi connectivity index (χ0v) is 14.6. The molecular formula is C19H22N4O3. The normalized spacial score (nSPS) is 21.1. The van der Waals surface area contributed by atoms with E-state index >= 15 is 0 Å². The number of nitrogens with zero attached hydrogens (tertiary/aromatic N) is 2. The van der Waals surface area contributed by atoms with Crippen LogP contribution in [0, 0.1) is 0 Å². The van der Waals surface area contributed by atoms with Crippen LogP contribution in [0.1, 0.15) is 49.3 Å². The first kappa shape index (κ1) is 16.8. The lowest BCUT2D eigenvalue weighted by Crippen LogP contribution is -2.29. The summed E-state index contributed by atoms with van der Waals surface area (Å²) < 4.78 is 0. The summed E-state index contributed by atoms with van der Waals surface area (Å²) in [6.45, 7) is 2.35. The number of aromatic amines is 1. The van der Waals surface area contributed by atoms with Crippen molar-refractivity contribution in [2.24, 2.45) is 0 Å². The van der Waals surface area contributed by atoms with Gasteiger partial charge in [-0.2, -0.15) is 5.10 Å². The van der Waals surface area contributed by atoms with Gasteiger partial charge in [-0.25, -0.2) is 0 Å². The lowest BCUT2D eigenvalue weighted by molar-refractivity contribution is -0.124. The number of hydrogen-bond acceptors (Lipinski definition) is 4. The van der Waals surface area contributed by atoms with Gasteiger partial charge in [0, 0.05) is 36.3 Å². The van der Waals surface area contributed by atoms with Crippen LogP contribution in [0.4, 0.5) is 11.5 Å². The van der Waals surface area contributed by atoms with E-state index in [2.05, 4.69) is 15.5 Å². The summed E-state index contributed by atoms with van der Waals surface area (Å²) in [5.41, 5.74) is 2.68. The molecule has 7 heteroatoms. The maximum atomic E-state index is 12.5. The van der Waals surface area contributed by atoms with Crippen molar-refractivity contribution in [2.45, 2.75) is 44.1 Å². The molecule has 2 heterocycles. The summed E-state index contributed by atoms with van der Waals surface area (Å²) in [6.07, 6.45) is 1.89. The van der Waals surface area contributed by atoms with E-state index in [1.54, 1.807) is 4.90 Å². The van der Waals surface area contributed by atoms with Crippen molar-refractivity contribution < 1.29 is 14.7 Å². The number of aliphatic hydroxyl groups excluding tert-OH is 1. The molecule has 4 rings (SSSR count). The first-order chi connectivity index (χ1) is 12.5. The second-order valence-corrected chi connectivity index (χ2v) is 7.08. The van der Waals surface area contributed by atoms with Gasteiger partial charge in [-0.1, -0.05) is 12.1 Å². The first-order valence-corrected chi connectivity index (χ1v) is 8.98. The van der Waals surface area contributed by atoms with E-state index in [0.29, 0.717) is 24.7 Å². The fraction of sp³-hybridized carbons (Fsp3) is 0.421. The number of benzene rings is 1. The number of amides is 2. The van der Waals surface area contributed by atoms with Gasteiger partial charge in [0.25, 0.3) is 5.91 Å². The van der Waals surface area contributed by atoms with Crippen molar-refractivity contribution in [2.75, 3.05) is 16.8 Å². The third-order valence-corrected chi connectivity index (χ3v) is 5.14. The SMILES string of the molecule is C[C@H](C(=O)Nc1cc(C2CC2)[nH]n1)c1ccc(N2CC[C@@H](O)C2=O)cc1. The Bertz CT molecular complexity index is 826. The molecular weight excluding hydrogens is 332 g/mol. The molecule has 2 aromatic rings. The van der Waals surface area contributed by atoms with Gasteiger partial charge in [-0.15, -0.1) is 0 Å². The van der Waals surface area contributed by atoms with Gasteiger partial charge in [-0.05, 0) is 37.5 Å². The standard InChI is InChI=1S/C19H22N4O3/c1-11(18(25)20-17-10-15(21-22-17)13-2-3-13)12-4-6-14(7-5-12)23-9-8-16(24)19(23)26/h4-7,10-11,13,16,24H,2-3,8-9H2,1H3,(H2,20,21,22,25)/t11-,16+/m0/s1. The zero-order chi connectivity index (χ0) is 18.3. The van der Waals surface area contributed by atoms with Gasteiger partial charge in [0.2, 0.25) is 5.91 Å². The Morgan fingerprint density at radius 3 is 2.65 bits per heavy atom. The Hall–Kier alpha value is -2.67. The molecule has 0 radical (unpaired) electrons. The molecule has 0 bridgehead atoms. The van der Waals surface area contributed by atoms with Crippen LogP contribution in [0.2, 0.25) is 0 Å². The van der Waals surface area contributed by atoms with E-state index < -0.39 is 6.10 Å². The van der Waals surface area contributed by atoms with Gasteiger partial charge in [0.15, 0.2) is 5.82 Å². The number of aromatic nitrogens is 2. The highest BCUT2D eigenvalue weighted by molar-refractivity contribution is 5.99. The van der Waals surface area contributed by atoms with Gasteiger partial charge >= 0.3 is 0 Å².